The average molecular weight is 178 g/mol. The minimum atomic E-state index is 0.524. The molecule has 13 heavy (non-hydrogen) atoms. The van der Waals surface area contributed by atoms with Crippen LogP contribution in [-0.4, -0.2) is 25.2 Å². The van der Waals surface area contributed by atoms with Gasteiger partial charge in [-0.15, -0.1) is 0 Å². The zero-order chi connectivity index (χ0) is 9.10. The Labute approximate surface area is 78.1 Å². The standard InChI is InChI=1S/C10H14N2O/c1-13-9-3-2-5-12-10(9)8-4-6-11-7-8/h2-3,5,8,11H,4,6-7H2,1H3. The fourth-order valence-corrected chi connectivity index (χ4v) is 1.77. The van der Waals surface area contributed by atoms with Crippen LogP contribution in [-0.2, 0) is 0 Å². The number of hydrogen-bond donors (Lipinski definition) is 1. The predicted octanol–water partition coefficient (Wildman–Crippen LogP) is 1.17. The number of nitrogens with zero attached hydrogens (tertiary/aromatic N) is 1. The maximum absolute atomic E-state index is 5.27. The van der Waals surface area contributed by atoms with Crippen LogP contribution in [0.5, 0.6) is 5.75 Å². The van der Waals surface area contributed by atoms with E-state index in [1.165, 1.54) is 0 Å². The van der Waals surface area contributed by atoms with Gasteiger partial charge in [-0.1, -0.05) is 0 Å². The SMILES string of the molecule is COc1cccnc1C1CCNC1. The topological polar surface area (TPSA) is 34.1 Å². The second kappa shape index (κ2) is 3.75. The first-order chi connectivity index (χ1) is 6.42. The molecule has 0 bridgehead atoms. The number of ether oxygens (including phenoxy) is 1. The van der Waals surface area contributed by atoms with Crippen LogP contribution in [0.1, 0.15) is 18.0 Å². The van der Waals surface area contributed by atoms with Crippen molar-refractivity contribution in [3.05, 3.63) is 24.0 Å². The Hall–Kier alpha value is -1.09. The molecule has 0 aliphatic carbocycles. The third kappa shape index (κ3) is 1.65. The Morgan fingerprint density at radius 1 is 1.62 bits per heavy atom. The van der Waals surface area contributed by atoms with E-state index in [1.54, 1.807) is 7.11 Å². The third-order valence-electron chi connectivity index (χ3n) is 2.47. The molecule has 1 atom stereocenters. The van der Waals surface area contributed by atoms with Crippen molar-refractivity contribution in [1.29, 1.82) is 0 Å². The highest BCUT2D eigenvalue weighted by molar-refractivity contribution is 5.30. The van der Waals surface area contributed by atoms with E-state index in [4.69, 9.17) is 4.74 Å². The lowest BCUT2D eigenvalue weighted by atomic mass is 10.0. The van der Waals surface area contributed by atoms with Gasteiger partial charge in [0.05, 0.1) is 12.8 Å². The van der Waals surface area contributed by atoms with Gasteiger partial charge in [-0.3, -0.25) is 4.98 Å². The summed E-state index contributed by atoms with van der Waals surface area (Å²) >= 11 is 0. The van der Waals surface area contributed by atoms with Gasteiger partial charge in [-0.05, 0) is 25.1 Å². The molecule has 1 aliphatic heterocycles. The number of methoxy groups -OCH3 is 1. The highest BCUT2D eigenvalue weighted by Gasteiger charge is 2.20. The van der Waals surface area contributed by atoms with Gasteiger partial charge in [0.2, 0.25) is 0 Å². The first-order valence-corrected chi connectivity index (χ1v) is 4.61. The fraction of sp³-hybridized carbons (Fsp3) is 0.500. The van der Waals surface area contributed by atoms with Crippen LogP contribution in [0, 0.1) is 0 Å². The molecule has 1 aromatic heterocycles. The van der Waals surface area contributed by atoms with E-state index in [2.05, 4.69) is 10.3 Å². The average Bonchev–Trinajstić information content (AvgIpc) is 2.70. The van der Waals surface area contributed by atoms with Crippen LogP contribution < -0.4 is 10.1 Å². The molecule has 1 aliphatic rings. The monoisotopic (exact) mass is 178 g/mol. The lowest BCUT2D eigenvalue weighted by Gasteiger charge is -2.11. The summed E-state index contributed by atoms with van der Waals surface area (Å²) < 4.78 is 5.27. The second-order valence-electron chi connectivity index (χ2n) is 3.28. The summed E-state index contributed by atoms with van der Waals surface area (Å²) in [4.78, 5) is 4.37. The van der Waals surface area contributed by atoms with Gasteiger partial charge >= 0.3 is 0 Å². The Morgan fingerprint density at radius 2 is 2.54 bits per heavy atom. The summed E-state index contributed by atoms with van der Waals surface area (Å²) in [5.74, 6) is 1.44. The molecular weight excluding hydrogens is 164 g/mol. The zero-order valence-electron chi connectivity index (χ0n) is 7.79. The molecule has 1 saturated heterocycles. The molecule has 1 fully saturated rings. The van der Waals surface area contributed by atoms with E-state index in [0.717, 1.165) is 31.0 Å². The lowest BCUT2D eigenvalue weighted by molar-refractivity contribution is 0.403. The number of aromatic nitrogens is 1. The fourth-order valence-electron chi connectivity index (χ4n) is 1.77. The summed E-state index contributed by atoms with van der Waals surface area (Å²) in [6.07, 6.45) is 2.99. The third-order valence-corrected chi connectivity index (χ3v) is 2.47. The van der Waals surface area contributed by atoms with Gasteiger partial charge in [0.25, 0.3) is 0 Å². The van der Waals surface area contributed by atoms with Crippen LogP contribution in [0.2, 0.25) is 0 Å². The van der Waals surface area contributed by atoms with E-state index >= 15 is 0 Å². The van der Waals surface area contributed by atoms with E-state index in [-0.39, 0.29) is 0 Å². The summed E-state index contributed by atoms with van der Waals surface area (Å²) in [6.45, 7) is 2.11. The van der Waals surface area contributed by atoms with E-state index in [0.29, 0.717) is 5.92 Å². The first-order valence-electron chi connectivity index (χ1n) is 4.61. The van der Waals surface area contributed by atoms with Gasteiger partial charge in [0.15, 0.2) is 0 Å². The van der Waals surface area contributed by atoms with Crippen LogP contribution in [0.15, 0.2) is 18.3 Å². The van der Waals surface area contributed by atoms with Crippen molar-refractivity contribution in [1.82, 2.24) is 10.3 Å². The van der Waals surface area contributed by atoms with Crippen LogP contribution >= 0.6 is 0 Å². The van der Waals surface area contributed by atoms with Crippen molar-refractivity contribution in [2.45, 2.75) is 12.3 Å². The molecule has 70 valence electrons. The molecular formula is C10H14N2O. The zero-order valence-corrected chi connectivity index (χ0v) is 7.79. The van der Waals surface area contributed by atoms with Crippen molar-refractivity contribution >= 4 is 0 Å². The van der Waals surface area contributed by atoms with Gasteiger partial charge in [-0.2, -0.15) is 0 Å². The largest absolute Gasteiger partial charge is 0.495 e. The molecule has 0 spiro atoms. The molecule has 0 saturated carbocycles. The minimum absolute atomic E-state index is 0.524. The van der Waals surface area contributed by atoms with Crippen molar-refractivity contribution in [3.8, 4) is 5.75 Å². The highest BCUT2D eigenvalue weighted by Crippen LogP contribution is 2.27. The minimum Gasteiger partial charge on any atom is -0.495 e. The first kappa shape index (κ1) is 8.51. The number of hydrogen-bond acceptors (Lipinski definition) is 3. The van der Waals surface area contributed by atoms with Gasteiger partial charge in [0, 0.05) is 18.7 Å². The molecule has 0 radical (unpaired) electrons. The van der Waals surface area contributed by atoms with Crippen molar-refractivity contribution in [3.63, 3.8) is 0 Å². The van der Waals surface area contributed by atoms with E-state index in [1.807, 2.05) is 18.3 Å². The molecule has 0 aromatic carbocycles. The summed E-state index contributed by atoms with van der Waals surface area (Å²) in [5, 5.41) is 3.33. The van der Waals surface area contributed by atoms with Gasteiger partial charge in [0.1, 0.15) is 5.75 Å². The molecule has 0 amide bonds. The molecule has 2 heterocycles. The van der Waals surface area contributed by atoms with Crippen LogP contribution in [0.25, 0.3) is 0 Å². The maximum atomic E-state index is 5.27. The molecule has 3 heteroatoms. The normalized spacial score (nSPS) is 21.8. The maximum Gasteiger partial charge on any atom is 0.140 e. The van der Waals surface area contributed by atoms with Crippen molar-refractivity contribution < 1.29 is 4.74 Å². The summed E-state index contributed by atoms with van der Waals surface area (Å²) in [6, 6.07) is 3.88. The Balaban J connectivity index is 2.26. The summed E-state index contributed by atoms with van der Waals surface area (Å²) in [5.41, 5.74) is 1.09. The lowest BCUT2D eigenvalue weighted by Crippen LogP contribution is -2.09. The Bertz CT molecular complexity index is 282. The number of pyridine rings is 1. The molecule has 3 nitrogen and oxygen atoms in total. The van der Waals surface area contributed by atoms with Crippen molar-refractivity contribution in [2.75, 3.05) is 20.2 Å². The Morgan fingerprint density at radius 3 is 3.23 bits per heavy atom. The number of rotatable bonds is 2. The van der Waals surface area contributed by atoms with E-state index in [9.17, 15) is 0 Å². The smallest absolute Gasteiger partial charge is 0.140 e. The van der Waals surface area contributed by atoms with E-state index < -0.39 is 0 Å². The summed E-state index contributed by atoms with van der Waals surface area (Å²) in [7, 11) is 1.70. The molecule has 2 rings (SSSR count). The van der Waals surface area contributed by atoms with Crippen molar-refractivity contribution in [2.24, 2.45) is 0 Å². The molecule has 1 N–H and O–H groups in total. The molecule has 1 unspecified atom stereocenters. The predicted molar refractivity (Wildman–Crippen MR) is 51.0 cm³/mol. The Kier molecular flexibility index (Phi) is 2.45. The van der Waals surface area contributed by atoms with Gasteiger partial charge < -0.3 is 10.1 Å². The van der Waals surface area contributed by atoms with Crippen LogP contribution in [0.4, 0.5) is 0 Å². The van der Waals surface area contributed by atoms with Gasteiger partial charge in [-0.25, -0.2) is 0 Å². The quantitative estimate of drug-likeness (QED) is 0.738. The second-order valence-corrected chi connectivity index (χ2v) is 3.28. The van der Waals surface area contributed by atoms with Crippen LogP contribution in [0.3, 0.4) is 0 Å². The molecule has 1 aromatic rings. The number of nitrogens with one attached hydrogen (secondary N) is 1. The highest BCUT2D eigenvalue weighted by atomic mass is 16.5.